The highest BCUT2D eigenvalue weighted by molar-refractivity contribution is 7.24. The Labute approximate surface area is 345 Å². The van der Waals surface area contributed by atoms with Crippen LogP contribution in [0.5, 0.6) is 0 Å². The van der Waals surface area contributed by atoms with E-state index in [0.717, 1.165) is 98.6 Å². The Morgan fingerprint density at radius 1 is 0.483 bits per heavy atom. The van der Waals surface area contributed by atoms with E-state index in [2.05, 4.69) is 176 Å². The van der Waals surface area contributed by atoms with Gasteiger partial charge in [-0.05, 0) is 142 Å². The Bertz CT molecular complexity index is 2980. The number of aliphatic hydroxyl groups excluding tert-OH is 1. The molecule has 0 saturated heterocycles. The number of aromatic nitrogens is 2. The zero-order chi connectivity index (χ0) is 40.4. The topological polar surface area (TPSA) is 61.3 Å². The Morgan fingerprint density at radius 3 is 1.50 bits per heavy atom. The van der Waals surface area contributed by atoms with Gasteiger partial charge < -0.3 is 10.1 Å². The molecule has 0 saturated carbocycles. The molecule has 0 fully saturated rings. The summed E-state index contributed by atoms with van der Waals surface area (Å²) in [4.78, 5) is 14.3. The largest absolute Gasteiger partial charge is 0.368 e. The Kier molecular flexibility index (Phi) is 9.46. The number of aliphatic hydroxyl groups is 1. The summed E-state index contributed by atoms with van der Waals surface area (Å²) in [5.74, 6) is 0. The smallest absolute Gasteiger partial charge is 0.171 e. The molecule has 8 bridgehead atoms. The van der Waals surface area contributed by atoms with Gasteiger partial charge in [0, 0.05) is 60.0 Å². The van der Waals surface area contributed by atoms with Gasteiger partial charge in [-0.2, -0.15) is 0 Å². The van der Waals surface area contributed by atoms with Gasteiger partial charge in [0.05, 0.1) is 11.4 Å². The van der Waals surface area contributed by atoms with Gasteiger partial charge in [0.2, 0.25) is 0 Å². The molecule has 2 aliphatic rings. The average molecular weight is 774 g/mol. The third kappa shape index (κ3) is 6.64. The highest BCUT2D eigenvalue weighted by Gasteiger charge is 2.24. The van der Waals surface area contributed by atoms with E-state index >= 15 is 0 Å². The molecule has 5 heterocycles. The predicted molar refractivity (Wildman–Crippen MR) is 248 cm³/mol. The average Bonchev–Trinajstić information content (AvgIpc) is 3.97. The predicted octanol–water partition coefficient (Wildman–Crippen LogP) is 14.1. The van der Waals surface area contributed by atoms with E-state index < -0.39 is 6.23 Å². The first-order chi connectivity index (χ1) is 27.9. The molecule has 7 aromatic rings. The molecule has 2 aliphatic heterocycles. The van der Waals surface area contributed by atoms with Gasteiger partial charge in [0.15, 0.2) is 6.23 Å². The number of aromatic amines is 1. The van der Waals surface area contributed by atoms with Gasteiger partial charge in [0.25, 0.3) is 0 Å². The molecule has 286 valence electrons. The molecule has 1 atom stereocenters. The second kappa shape index (κ2) is 14.7. The maximum absolute atomic E-state index is 12.0. The van der Waals surface area contributed by atoms with Gasteiger partial charge in [-0.3, -0.25) is 4.99 Å². The number of rotatable bonds is 4. The lowest BCUT2D eigenvalue weighted by atomic mass is 9.87. The van der Waals surface area contributed by atoms with E-state index in [4.69, 9.17) is 9.98 Å². The summed E-state index contributed by atoms with van der Waals surface area (Å²) < 4.78 is 2.29. The lowest BCUT2D eigenvalue weighted by molar-refractivity contribution is 0.189. The van der Waals surface area contributed by atoms with E-state index in [1.165, 1.54) is 33.4 Å². The number of nitrogens with one attached hydrogen (secondary N) is 1. The maximum atomic E-state index is 12.0. The van der Waals surface area contributed by atoms with Crippen LogP contribution >= 0.6 is 11.3 Å². The maximum Gasteiger partial charge on any atom is 0.171 e. The van der Waals surface area contributed by atoms with Crippen LogP contribution in [0.15, 0.2) is 108 Å². The van der Waals surface area contributed by atoms with Crippen molar-refractivity contribution in [1.82, 2.24) is 9.97 Å². The van der Waals surface area contributed by atoms with Gasteiger partial charge in [-0.15, -0.1) is 11.3 Å². The SMILES string of the molecule is Cc1ccc(-c2c3nc(c(-c4c(C)cc(C)cc4C)c4cc(c(-c5c(C)cc(C)cc5C)c5ccc([nH]5)c(-c5ccc(C)cc5)c5ccc2s5)[C@@H](O)N=C4)C=C3)cc1. The molecule has 58 heavy (non-hydrogen) atoms. The van der Waals surface area contributed by atoms with E-state index in [0.29, 0.717) is 0 Å². The fourth-order valence-electron chi connectivity index (χ4n) is 9.07. The first-order valence-electron chi connectivity index (χ1n) is 20.0. The number of H-pyrrole nitrogens is 1. The van der Waals surface area contributed by atoms with Crippen molar-refractivity contribution in [1.29, 1.82) is 0 Å². The van der Waals surface area contributed by atoms with Crippen molar-refractivity contribution in [3.05, 3.63) is 170 Å². The van der Waals surface area contributed by atoms with E-state index in [9.17, 15) is 5.11 Å². The normalized spacial score (nSPS) is 13.6. The quantitative estimate of drug-likeness (QED) is 0.187. The fourth-order valence-corrected chi connectivity index (χ4v) is 10.2. The summed E-state index contributed by atoms with van der Waals surface area (Å²) in [6, 6.07) is 37.5. The molecule has 0 unspecified atom stereocenters. The summed E-state index contributed by atoms with van der Waals surface area (Å²) in [6.45, 7) is 17.2. The molecule has 9 rings (SSSR count). The molecule has 0 radical (unpaired) electrons. The number of aliphatic imine (C=N–C) groups is 1. The van der Waals surface area contributed by atoms with Crippen molar-refractivity contribution in [3.63, 3.8) is 0 Å². The van der Waals surface area contributed by atoms with Crippen LogP contribution in [0.4, 0.5) is 0 Å². The molecule has 0 aliphatic carbocycles. The highest BCUT2D eigenvalue weighted by atomic mass is 32.1. The van der Waals surface area contributed by atoms with Gasteiger partial charge in [-0.1, -0.05) is 95.1 Å². The Morgan fingerprint density at radius 2 is 0.948 bits per heavy atom. The molecule has 4 aromatic carbocycles. The molecule has 4 nitrogen and oxygen atoms in total. The van der Waals surface area contributed by atoms with Gasteiger partial charge in [-0.25, -0.2) is 4.98 Å². The monoisotopic (exact) mass is 773 g/mol. The molecular weight excluding hydrogens is 727 g/mol. The number of aryl methyl sites for hydroxylation is 8. The van der Waals surface area contributed by atoms with Crippen molar-refractivity contribution in [3.8, 4) is 44.5 Å². The first-order valence-corrected chi connectivity index (χ1v) is 20.8. The third-order valence-corrected chi connectivity index (χ3v) is 12.7. The van der Waals surface area contributed by atoms with Crippen LogP contribution in [0.1, 0.15) is 73.3 Å². The standard InChI is InChI=1S/C53H47N3OS/c1-29-9-13-37(14-10-29)49-41-17-19-43(55-41)51(47-33(5)23-31(3)24-34(47)6)39-27-40(53(57)54-28-39)52(48-35(7)25-32(4)26-36(48)8)44-20-18-42(56-44)50(46-22-21-45(49)58-46)38-15-11-30(2)12-16-38/h9-28,53,56-57H,1-8H3/t53-/m1/s1. The van der Waals surface area contributed by atoms with Crippen LogP contribution in [-0.2, 0) is 0 Å². The summed E-state index contributed by atoms with van der Waals surface area (Å²) in [6.07, 6.45) is 5.09. The van der Waals surface area contributed by atoms with E-state index in [-0.39, 0.29) is 0 Å². The molecule has 5 heteroatoms. The van der Waals surface area contributed by atoms with Crippen LogP contribution in [0.25, 0.3) is 77.1 Å². The van der Waals surface area contributed by atoms with Crippen molar-refractivity contribution in [2.75, 3.05) is 0 Å². The van der Waals surface area contributed by atoms with Crippen molar-refractivity contribution in [2.45, 2.75) is 61.6 Å². The van der Waals surface area contributed by atoms with Crippen LogP contribution < -0.4 is 0 Å². The summed E-state index contributed by atoms with van der Waals surface area (Å²) in [5.41, 5.74) is 23.4. The second-order valence-electron chi connectivity index (χ2n) is 16.2. The van der Waals surface area contributed by atoms with Crippen LogP contribution in [-0.4, -0.2) is 21.3 Å². The number of hydrogen-bond donors (Lipinski definition) is 2. The summed E-state index contributed by atoms with van der Waals surface area (Å²) in [7, 11) is 0. The molecular formula is C53H47N3OS. The first kappa shape index (κ1) is 37.4. The Balaban J connectivity index is 1.54. The molecule has 3 aromatic heterocycles. The number of thiophene rings is 1. The van der Waals surface area contributed by atoms with E-state index in [1.54, 1.807) is 11.3 Å². The summed E-state index contributed by atoms with van der Waals surface area (Å²) >= 11 is 1.79. The Hall–Kier alpha value is -6.14. The number of fused-ring (bicyclic) bond motifs is 8. The van der Waals surface area contributed by atoms with E-state index in [1.807, 2.05) is 6.21 Å². The minimum Gasteiger partial charge on any atom is -0.368 e. The second-order valence-corrected chi connectivity index (χ2v) is 17.2. The fraction of sp³-hybridized carbons (Fsp3) is 0.170. The minimum atomic E-state index is -1.07. The lowest BCUT2D eigenvalue weighted by Gasteiger charge is -2.21. The highest BCUT2D eigenvalue weighted by Crippen LogP contribution is 2.43. The zero-order valence-electron chi connectivity index (χ0n) is 34.4. The zero-order valence-corrected chi connectivity index (χ0v) is 35.2. The molecule has 2 N–H and O–H groups in total. The van der Waals surface area contributed by atoms with Gasteiger partial charge in [0.1, 0.15) is 0 Å². The van der Waals surface area contributed by atoms with Crippen LogP contribution in [0.2, 0.25) is 0 Å². The van der Waals surface area contributed by atoms with Crippen molar-refractivity contribution < 1.29 is 5.11 Å². The third-order valence-electron chi connectivity index (χ3n) is 11.5. The number of nitrogens with zero attached hydrogens (tertiary/aromatic N) is 2. The number of hydrogen-bond acceptors (Lipinski definition) is 4. The van der Waals surface area contributed by atoms with Crippen LogP contribution in [0.3, 0.4) is 0 Å². The van der Waals surface area contributed by atoms with Crippen molar-refractivity contribution >= 4 is 50.1 Å². The van der Waals surface area contributed by atoms with Gasteiger partial charge >= 0.3 is 0 Å². The van der Waals surface area contributed by atoms with Crippen LogP contribution in [0, 0.1) is 55.4 Å². The summed E-state index contributed by atoms with van der Waals surface area (Å²) in [5, 5.41) is 12.0. The molecule has 0 spiro atoms. The minimum absolute atomic E-state index is 0.738. The molecule has 0 amide bonds. The number of benzene rings is 4. The van der Waals surface area contributed by atoms with Crippen molar-refractivity contribution in [2.24, 2.45) is 4.99 Å². The lowest BCUT2D eigenvalue weighted by Crippen LogP contribution is -2.06.